The number of carbonyl (C=O) groups excluding carboxylic acids is 3. The lowest BCUT2D eigenvalue weighted by atomic mass is 9.92. The number of ether oxygens (including phenoxy) is 1. The number of fused-ring (bicyclic) bond motifs is 1. The van der Waals surface area contributed by atoms with E-state index < -0.39 is 20.2 Å². The van der Waals surface area contributed by atoms with E-state index in [4.69, 9.17) is 14.9 Å². The molecule has 2 heterocycles. The first-order valence-electron chi connectivity index (χ1n) is 9.64. The van der Waals surface area contributed by atoms with Crippen LogP contribution >= 0.6 is 23.5 Å². The average molecular weight is 471 g/mol. The van der Waals surface area contributed by atoms with Crippen molar-refractivity contribution in [2.24, 2.45) is 11.7 Å². The zero-order valence-electron chi connectivity index (χ0n) is 18.3. The molecule has 2 amide bonds. The summed E-state index contributed by atoms with van der Waals surface area (Å²) in [6, 6.07) is 0. The van der Waals surface area contributed by atoms with Gasteiger partial charge in [0.1, 0.15) is 12.0 Å². The van der Waals surface area contributed by atoms with E-state index in [-0.39, 0.29) is 40.6 Å². The number of primary amides is 1. The summed E-state index contributed by atoms with van der Waals surface area (Å²) in [5, 5.41) is 1.29. The van der Waals surface area contributed by atoms with Crippen molar-refractivity contribution < 1.29 is 23.5 Å². The first-order chi connectivity index (χ1) is 13.8. The van der Waals surface area contributed by atoms with Crippen LogP contribution in [-0.2, 0) is 23.5 Å². The second-order valence-corrected chi connectivity index (χ2v) is 15.7. The zero-order chi connectivity index (χ0) is 22.9. The number of thioether (sulfide) groups is 2. The molecule has 0 unspecified atom stereocenters. The Bertz CT molecular complexity index is 804. The third-order valence-corrected chi connectivity index (χ3v) is 12.5. The Hall–Kier alpha value is -1.49. The molecule has 2 aliphatic heterocycles. The van der Waals surface area contributed by atoms with Crippen molar-refractivity contribution in [1.82, 2.24) is 4.90 Å². The molecule has 0 aliphatic carbocycles. The molecule has 0 aromatic rings. The minimum absolute atomic E-state index is 0.0229. The largest absolute Gasteiger partial charge is 0.457 e. The van der Waals surface area contributed by atoms with Gasteiger partial charge in [-0.05, 0) is 30.5 Å². The molecule has 0 saturated carbocycles. The van der Waals surface area contributed by atoms with Crippen LogP contribution in [0.3, 0.4) is 0 Å². The summed E-state index contributed by atoms with van der Waals surface area (Å²) in [6.45, 7) is 16.3. The third-order valence-electron chi connectivity index (χ3n) is 5.47. The quantitative estimate of drug-likeness (QED) is 0.181. The fourth-order valence-electron chi connectivity index (χ4n) is 2.89. The molecule has 30 heavy (non-hydrogen) atoms. The maximum Gasteiger partial charge on any atom is 0.357 e. The molecule has 3 atom stereocenters. The molecule has 1 fully saturated rings. The van der Waals surface area contributed by atoms with Gasteiger partial charge in [0, 0.05) is 6.08 Å². The van der Waals surface area contributed by atoms with Crippen LogP contribution in [0.4, 0.5) is 0 Å². The van der Waals surface area contributed by atoms with E-state index in [1.165, 1.54) is 46.0 Å². The molecule has 166 valence electrons. The summed E-state index contributed by atoms with van der Waals surface area (Å²) in [5.74, 6) is -1.69. The summed E-state index contributed by atoms with van der Waals surface area (Å²) < 4.78 is 12.2. The van der Waals surface area contributed by atoms with Crippen LogP contribution in [0.15, 0.2) is 34.1 Å². The SMILES string of the molecule is C=CCOC(=O)C1=C(S/C=C\C(N)=O)S[C@@H]2[C@@H]([C@@H](C)O[Si](C)(C)C(C)(C)C)C(=O)N12. The second kappa shape index (κ2) is 9.33. The highest BCUT2D eigenvalue weighted by Crippen LogP contribution is 2.55. The Kier molecular flexibility index (Phi) is 7.71. The highest BCUT2D eigenvalue weighted by molar-refractivity contribution is 8.24. The minimum atomic E-state index is -2.06. The summed E-state index contributed by atoms with van der Waals surface area (Å²) in [6.07, 6.45) is 2.40. The first-order valence-corrected chi connectivity index (χ1v) is 14.3. The molecule has 0 aromatic carbocycles. The molecule has 2 rings (SSSR count). The molecule has 0 radical (unpaired) electrons. The van der Waals surface area contributed by atoms with Gasteiger partial charge in [-0.1, -0.05) is 56.9 Å². The normalized spacial score (nSPS) is 22.7. The van der Waals surface area contributed by atoms with Crippen LogP contribution in [0, 0.1) is 5.92 Å². The number of rotatable bonds is 9. The van der Waals surface area contributed by atoms with E-state index in [9.17, 15) is 14.4 Å². The van der Waals surface area contributed by atoms with E-state index in [2.05, 4.69) is 40.4 Å². The lowest BCUT2D eigenvalue weighted by Gasteiger charge is -2.48. The predicted octanol–water partition coefficient (Wildman–Crippen LogP) is 3.56. The highest BCUT2D eigenvalue weighted by Gasteiger charge is 2.59. The monoisotopic (exact) mass is 470 g/mol. The van der Waals surface area contributed by atoms with Gasteiger partial charge in [-0.15, -0.1) is 0 Å². The molecule has 7 nitrogen and oxygen atoms in total. The smallest absolute Gasteiger partial charge is 0.357 e. The van der Waals surface area contributed by atoms with Gasteiger partial charge in [0.25, 0.3) is 0 Å². The summed E-state index contributed by atoms with van der Waals surface area (Å²) >= 11 is 2.58. The van der Waals surface area contributed by atoms with Crippen molar-refractivity contribution in [3.05, 3.63) is 34.1 Å². The lowest BCUT2D eigenvalue weighted by molar-refractivity contribution is -0.157. The van der Waals surface area contributed by atoms with Gasteiger partial charge in [0.05, 0.1) is 16.3 Å². The Morgan fingerprint density at radius 3 is 2.57 bits per heavy atom. The van der Waals surface area contributed by atoms with E-state index in [0.717, 1.165) is 0 Å². The van der Waals surface area contributed by atoms with Crippen LogP contribution < -0.4 is 5.73 Å². The van der Waals surface area contributed by atoms with E-state index >= 15 is 0 Å². The topological polar surface area (TPSA) is 98.9 Å². The van der Waals surface area contributed by atoms with Gasteiger partial charge in [0.15, 0.2) is 14.0 Å². The number of nitrogens with zero attached hydrogens (tertiary/aromatic N) is 1. The Labute approximate surface area is 187 Å². The number of hydrogen-bond donors (Lipinski definition) is 1. The van der Waals surface area contributed by atoms with Gasteiger partial charge < -0.3 is 14.9 Å². The number of hydrogen-bond acceptors (Lipinski definition) is 7. The predicted molar refractivity (Wildman–Crippen MR) is 124 cm³/mol. The van der Waals surface area contributed by atoms with Crippen LogP contribution in [0.5, 0.6) is 0 Å². The third kappa shape index (κ3) is 5.04. The number of β-lactam (4-membered cyclic amide) rings is 1. The summed E-state index contributed by atoms with van der Waals surface area (Å²) in [5.41, 5.74) is 5.34. The fourth-order valence-corrected chi connectivity index (χ4v) is 6.94. The molecule has 1 saturated heterocycles. The molecule has 0 bridgehead atoms. The number of amides is 2. The maximum atomic E-state index is 13.0. The van der Waals surface area contributed by atoms with Crippen molar-refractivity contribution in [3.8, 4) is 0 Å². The fraction of sp³-hybridized carbons (Fsp3) is 0.550. The first kappa shape index (κ1) is 24.8. The molecule has 2 N–H and O–H groups in total. The minimum Gasteiger partial charge on any atom is -0.457 e. The Morgan fingerprint density at radius 2 is 2.03 bits per heavy atom. The standard InChI is InChI=1S/C20H30N2O5S2Si/c1-8-10-26-18(25)15-19(28-11-9-13(21)23)29-17-14(16(24)22(15)17)12(2)27-30(6,7)20(3,4)5/h8-9,11-12,14,17H,1,10H2,2-7H3,(H2,21,23)/b11-9-/t12-,14+,17-/m1/s1. The van der Waals surface area contributed by atoms with Crippen LogP contribution in [0.1, 0.15) is 27.7 Å². The summed E-state index contributed by atoms with van der Waals surface area (Å²) in [7, 11) is -2.06. The number of nitrogens with two attached hydrogens (primary N) is 1. The Balaban J connectivity index is 2.23. The number of esters is 1. The lowest BCUT2D eigenvalue weighted by Crippen LogP contribution is -2.62. The van der Waals surface area contributed by atoms with Gasteiger partial charge in [-0.3, -0.25) is 14.5 Å². The molecule has 0 aromatic heterocycles. The van der Waals surface area contributed by atoms with Gasteiger partial charge in [-0.25, -0.2) is 4.79 Å². The second-order valence-electron chi connectivity index (χ2n) is 8.67. The number of carbonyl (C=O) groups is 3. The zero-order valence-corrected chi connectivity index (χ0v) is 20.9. The van der Waals surface area contributed by atoms with E-state index in [1.807, 2.05) is 6.92 Å². The molecule has 2 aliphatic rings. The van der Waals surface area contributed by atoms with Crippen LogP contribution in [0.25, 0.3) is 0 Å². The molecular formula is C20H30N2O5S2Si. The molecule has 0 spiro atoms. The van der Waals surface area contributed by atoms with Gasteiger partial charge >= 0.3 is 5.97 Å². The van der Waals surface area contributed by atoms with Gasteiger partial charge in [-0.2, -0.15) is 0 Å². The van der Waals surface area contributed by atoms with Crippen molar-refractivity contribution >= 4 is 49.6 Å². The van der Waals surface area contributed by atoms with Gasteiger partial charge in [0.2, 0.25) is 11.8 Å². The van der Waals surface area contributed by atoms with Crippen LogP contribution in [0.2, 0.25) is 18.1 Å². The van der Waals surface area contributed by atoms with Crippen molar-refractivity contribution in [3.63, 3.8) is 0 Å². The highest BCUT2D eigenvalue weighted by atomic mass is 32.2. The Morgan fingerprint density at radius 1 is 1.40 bits per heavy atom. The maximum absolute atomic E-state index is 13.0. The van der Waals surface area contributed by atoms with Crippen molar-refractivity contribution in [1.29, 1.82) is 0 Å². The van der Waals surface area contributed by atoms with E-state index in [1.54, 1.807) is 0 Å². The van der Waals surface area contributed by atoms with Crippen LogP contribution in [-0.4, -0.2) is 49.1 Å². The van der Waals surface area contributed by atoms with Crippen molar-refractivity contribution in [2.75, 3.05) is 6.61 Å². The average Bonchev–Trinajstić information content (AvgIpc) is 2.92. The molecule has 10 heteroatoms. The van der Waals surface area contributed by atoms with E-state index in [0.29, 0.717) is 4.24 Å². The molecular weight excluding hydrogens is 440 g/mol. The van der Waals surface area contributed by atoms with Crippen molar-refractivity contribution in [2.45, 2.75) is 57.3 Å². The summed E-state index contributed by atoms with van der Waals surface area (Å²) in [4.78, 5) is 38.1.